The van der Waals surface area contributed by atoms with Crippen LogP contribution >= 0.6 is 0 Å². The molecule has 0 amide bonds. The number of aromatic hydroxyl groups is 1. The number of Topliss-reactive ketones (excluding diaryl/α,β-unsaturated/α-hetero) is 1. The predicted molar refractivity (Wildman–Crippen MR) is 112 cm³/mol. The lowest BCUT2D eigenvalue weighted by molar-refractivity contribution is -0.160. The van der Waals surface area contributed by atoms with Gasteiger partial charge in [0.25, 0.3) is 0 Å². The monoisotopic (exact) mass is 415 g/mol. The molecule has 0 radical (unpaired) electrons. The van der Waals surface area contributed by atoms with E-state index in [-0.39, 0.29) is 23.6 Å². The molecule has 7 heteroatoms. The standard InChI is InChI=1S/C23H29NO6/c1-5-13-29-22(17-9-7-6-8-10-17)16(3)30-23(27)15(2)14-18(25)20-21(26)19(28-4)11-12-24-20/h6-12,15-16,22,26H,5,13-14H2,1-4H3/t15-,16+,22+/m1/s1. The molecule has 1 aromatic heterocycles. The van der Waals surface area contributed by atoms with Crippen molar-refractivity contribution in [3.05, 3.63) is 53.9 Å². The minimum absolute atomic E-state index is 0.129. The second-order valence-electron chi connectivity index (χ2n) is 7.08. The number of carbonyl (C=O) groups excluding carboxylic acids is 2. The first kappa shape index (κ1) is 23.3. The summed E-state index contributed by atoms with van der Waals surface area (Å²) in [5.41, 5.74) is 0.788. The quantitative estimate of drug-likeness (QED) is 0.436. The number of hydrogen-bond acceptors (Lipinski definition) is 7. The van der Waals surface area contributed by atoms with Crippen LogP contribution in [0.4, 0.5) is 0 Å². The third-order valence-corrected chi connectivity index (χ3v) is 4.62. The first-order chi connectivity index (χ1) is 14.4. The van der Waals surface area contributed by atoms with E-state index in [1.54, 1.807) is 13.8 Å². The van der Waals surface area contributed by atoms with Crippen molar-refractivity contribution in [1.82, 2.24) is 4.98 Å². The SMILES string of the molecule is CCCO[C@H](c1ccccc1)[C@H](C)OC(=O)[C@H](C)CC(=O)c1nccc(OC)c1O. The summed E-state index contributed by atoms with van der Waals surface area (Å²) in [7, 11) is 1.38. The summed E-state index contributed by atoms with van der Waals surface area (Å²) >= 11 is 0. The number of carbonyl (C=O) groups is 2. The number of aromatic nitrogens is 1. The van der Waals surface area contributed by atoms with Crippen LogP contribution in [0.3, 0.4) is 0 Å². The third kappa shape index (κ3) is 6.03. The lowest BCUT2D eigenvalue weighted by atomic mass is 10.0. The first-order valence-electron chi connectivity index (χ1n) is 10.0. The second kappa shape index (κ2) is 11.3. The maximum absolute atomic E-state index is 12.6. The predicted octanol–water partition coefficient (Wildman–Crippen LogP) is 4.10. The Labute approximate surface area is 177 Å². The zero-order chi connectivity index (χ0) is 22.1. The third-order valence-electron chi connectivity index (χ3n) is 4.62. The topological polar surface area (TPSA) is 95.0 Å². The van der Waals surface area contributed by atoms with E-state index in [2.05, 4.69) is 4.98 Å². The average molecular weight is 415 g/mol. The van der Waals surface area contributed by atoms with Crippen molar-refractivity contribution in [2.24, 2.45) is 5.92 Å². The molecule has 7 nitrogen and oxygen atoms in total. The minimum Gasteiger partial charge on any atom is -0.503 e. The number of ketones is 1. The molecule has 1 N–H and O–H groups in total. The first-order valence-corrected chi connectivity index (χ1v) is 10.0. The van der Waals surface area contributed by atoms with Gasteiger partial charge in [0.15, 0.2) is 23.0 Å². The summed E-state index contributed by atoms with van der Waals surface area (Å²) in [5.74, 6) is -1.88. The fraction of sp³-hybridized carbons (Fsp3) is 0.435. The van der Waals surface area contributed by atoms with E-state index in [9.17, 15) is 14.7 Å². The number of methoxy groups -OCH3 is 1. The fourth-order valence-corrected chi connectivity index (χ4v) is 3.01. The van der Waals surface area contributed by atoms with E-state index >= 15 is 0 Å². The van der Waals surface area contributed by atoms with Gasteiger partial charge in [0, 0.05) is 25.3 Å². The Morgan fingerprint density at radius 3 is 2.47 bits per heavy atom. The molecule has 0 bridgehead atoms. The highest BCUT2D eigenvalue weighted by Crippen LogP contribution is 2.29. The normalized spacial score (nSPS) is 13.9. The van der Waals surface area contributed by atoms with Gasteiger partial charge in [-0.25, -0.2) is 4.98 Å². The average Bonchev–Trinajstić information content (AvgIpc) is 2.74. The Bertz CT molecular complexity index is 839. The van der Waals surface area contributed by atoms with Crippen LogP contribution in [0.5, 0.6) is 11.5 Å². The maximum atomic E-state index is 12.6. The summed E-state index contributed by atoms with van der Waals surface area (Å²) in [6, 6.07) is 11.0. The summed E-state index contributed by atoms with van der Waals surface area (Å²) in [5, 5.41) is 10.1. The van der Waals surface area contributed by atoms with Gasteiger partial charge in [0.2, 0.25) is 0 Å². The van der Waals surface area contributed by atoms with Crippen LogP contribution in [0.15, 0.2) is 42.6 Å². The number of pyridine rings is 1. The van der Waals surface area contributed by atoms with Gasteiger partial charge in [-0.2, -0.15) is 0 Å². The Morgan fingerprint density at radius 2 is 1.83 bits per heavy atom. The maximum Gasteiger partial charge on any atom is 0.309 e. The molecule has 30 heavy (non-hydrogen) atoms. The second-order valence-corrected chi connectivity index (χ2v) is 7.08. The van der Waals surface area contributed by atoms with E-state index in [4.69, 9.17) is 14.2 Å². The lowest BCUT2D eigenvalue weighted by Gasteiger charge is -2.26. The molecule has 0 spiro atoms. The summed E-state index contributed by atoms with van der Waals surface area (Å²) < 4.78 is 16.5. The molecule has 2 aromatic rings. The van der Waals surface area contributed by atoms with Gasteiger partial charge in [-0.15, -0.1) is 0 Å². The smallest absolute Gasteiger partial charge is 0.309 e. The molecule has 0 aliphatic carbocycles. The molecule has 0 aliphatic rings. The summed E-state index contributed by atoms with van der Waals surface area (Å²) in [6.45, 7) is 5.93. The number of ether oxygens (including phenoxy) is 3. The number of nitrogens with zero attached hydrogens (tertiary/aromatic N) is 1. The Hall–Kier alpha value is -2.93. The van der Waals surface area contributed by atoms with Gasteiger partial charge in [0.05, 0.1) is 13.0 Å². The van der Waals surface area contributed by atoms with Gasteiger partial charge in [-0.3, -0.25) is 9.59 Å². The molecular weight excluding hydrogens is 386 g/mol. The molecule has 162 valence electrons. The molecule has 0 aliphatic heterocycles. The molecule has 1 aromatic carbocycles. The van der Waals surface area contributed by atoms with Crippen LogP contribution < -0.4 is 4.74 Å². The van der Waals surface area contributed by atoms with Gasteiger partial charge in [0.1, 0.15) is 12.2 Å². The number of hydrogen-bond donors (Lipinski definition) is 1. The van der Waals surface area contributed by atoms with Crippen LogP contribution in [0.25, 0.3) is 0 Å². The highest BCUT2D eigenvalue weighted by molar-refractivity contribution is 5.99. The van der Waals surface area contributed by atoms with Crippen molar-refractivity contribution in [2.45, 2.75) is 45.8 Å². The van der Waals surface area contributed by atoms with Crippen molar-refractivity contribution in [1.29, 1.82) is 0 Å². The number of rotatable bonds is 11. The largest absolute Gasteiger partial charge is 0.503 e. The fourth-order valence-electron chi connectivity index (χ4n) is 3.01. The van der Waals surface area contributed by atoms with Gasteiger partial charge >= 0.3 is 5.97 Å². The summed E-state index contributed by atoms with van der Waals surface area (Å²) in [4.78, 5) is 29.0. The van der Waals surface area contributed by atoms with Crippen LogP contribution in [-0.4, -0.2) is 41.7 Å². The van der Waals surface area contributed by atoms with Crippen molar-refractivity contribution < 1.29 is 28.9 Å². The molecular formula is C23H29NO6. The van der Waals surface area contributed by atoms with E-state index in [1.807, 2.05) is 37.3 Å². The van der Waals surface area contributed by atoms with Crippen LogP contribution in [-0.2, 0) is 14.3 Å². The van der Waals surface area contributed by atoms with Gasteiger partial charge in [-0.1, -0.05) is 44.2 Å². The van der Waals surface area contributed by atoms with Crippen molar-refractivity contribution in [3.63, 3.8) is 0 Å². The van der Waals surface area contributed by atoms with Crippen molar-refractivity contribution >= 4 is 11.8 Å². The number of esters is 1. The lowest BCUT2D eigenvalue weighted by Crippen LogP contribution is -2.28. The molecule has 3 atom stereocenters. The molecule has 0 saturated carbocycles. The van der Waals surface area contributed by atoms with Crippen LogP contribution in [0.2, 0.25) is 0 Å². The van der Waals surface area contributed by atoms with Crippen LogP contribution in [0, 0.1) is 5.92 Å². The Balaban J connectivity index is 2.03. The van der Waals surface area contributed by atoms with Crippen molar-refractivity contribution in [2.75, 3.05) is 13.7 Å². The van der Waals surface area contributed by atoms with E-state index in [0.29, 0.717) is 6.61 Å². The van der Waals surface area contributed by atoms with E-state index in [0.717, 1.165) is 12.0 Å². The van der Waals surface area contributed by atoms with Gasteiger partial charge in [-0.05, 0) is 18.9 Å². The van der Waals surface area contributed by atoms with E-state index in [1.165, 1.54) is 19.4 Å². The minimum atomic E-state index is -0.713. The highest BCUT2D eigenvalue weighted by atomic mass is 16.6. The zero-order valence-electron chi connectivity index (χ0n) is 17.8. The molecule has 0 saturated heterocycles. The van der Waals surface area contributed by atoms with E-state index < -0.39 is 29.9 Å². The Morgan fingerprint density at radius 1 is 1.13 bits per heavy atom. The summed E-state index contributed by atoms with van der Waals surface area (Å²) in [6.07, 6.45) is 1.12. The number of benzene rings is 1. The molecule has 2 rings (SSSR count). The Kier molecular flexibility index (Phi) is 8.80. The van der Waals surface area contributed by atoms with Crippen LogP contribution in [0.1, 0.15) is 55.8 Å². The van der Waals surface area contributed by atoms with Crippen molar-refractivity contribution in [3.8, 4) is 11.5 Å². The van der Waals surface area contributed by atoms with Gasteiger partial charge < -0.3 is 19.3 Å². The molecule has 0 unspecified atom stereocenters. The highest BCUT2D eigenvalue weighted by Gasteiger charge is 2.28. The molecule has 0 fully saturated rings. The zero-order valence-corrected chi connectivity index (χ0v) is 17.8. The molecule has 1 heterocycles.